The Morgan fingerprint density at radius 2 is 1.29 bits per heavy atom. The summed E-state index contributed by atoms with van der Waals surface area (Å²) < 4.78 is 85.7. The topological polar surface area (TPSA) is 17.1 Å². The molecule has 1 nitrogen and oxygen atoms in total. The minimum absolute atomic E-state index is 0.102. The van der Waals surface area contributed by atoms with E-state index >= 15 is 0 Å². The van der Waals surface area contributed by atoms with Crippen molar-refractivity contribution in [1.82, 2.24) is 0 Å². The number of ketones is 1. The van der Waals surface area contributed by atoms with Crippen LogP contribution in [-0.2, 0) is 0 Å². The van der Waals surface area contributed by atoms with E-state index in [0.29, 0.717) is 0 Å². The minimum Gasteiger partial charge on any atom is -0.287 e. The third kappa shape index (κ3) is 2.56. The Kier molecular flexibility index (Phi) is 3.17. The lowest BCUT2D eigenvalue weighted by molar-refractivity contribution is -0.255. The first kappa shape index (κ1) is 13.5. The summed E-state index contributed by atoms with van der Waals surface area (Å²) in [4.78, 5) is 10.8. The highest BCUT2D eigenvalue weighted by Crippen LogP contribution is 2.38. The minimum atomic E-state index is -6.12. The number of hydrogen-bond acceptors (Lipinski definition) is 1. The van der Waals surface area contributed by atoms with Crippen LogP contribution in [0.3, 0.4) is 0 Å². The lowest BCUT2D eigenvalue weighted by Crippen LogP contribution is -2.44. The number of Topliss-reactive ketones (excluding diaryl/α,β-unsaturated/α-hetero) is 1. The van der Waals surface area contributed by atoms with Crippen molar-refractivity contribution in [3.63, 3.8) is 0 Å². The zero-order valence-electron chi connectivity index (χ0n) is 7.79. The van der Waals surface area contributed by atoms with Crippen LogP contribution in [0.2, 0.25) is 0 Å². The molecule has 0 saturated heterocycles. The fourth-order valence-corrected chi connectivity index (χ4v) is 0.995. The zero-order chi connectivity index (χ0) is 13.4. The van der Waals surface area contributed by atoms with Gasteiger partial charge in [-0.05, 0) is 12.1 Å². The van der Waals surface area contributed by atoms with Gasteiger partial charge in [0.1, 0.15) is 11.6 Å². The molecule has 17 heavy (non-hydrogen) atoms. The molecule has 1 aromatic carbocycles. The van der Waals surface area contributed by atoms with Crippen LogP contribution in [0, 0.1) is 11.6 Å². The van der Waals surface area contributed by atoms with E-state index < -0.39 is 35.1 Å². The Bertz CT molecular complexity index is 429. The van der Waals surface area contributed by atoms with Gasteiger partial charge in [0, 0.05) is 11.6 Å². The number of alkyl halides is 5. The monoisotopic (exact) mass is 260 g/mol. The van der Waals surface area contributed by atoms with Crippen molar-refractivity contribution in [3.05, 3.63) is 35.4 Å². The highest BCUT2D eigenvalue weighted by Gasteiger charge is 2.63. The average molecular weight is 260 g/mol. The molecule has 0 aromatic heterocycles. The van der Waals surface area contributed by atoms with E-state index in [1.165, 1.54) is 0 Å². The molecule has 0 fully saturated rings. The van der Waals surface area contributed by atoms with E-state index in [9.17, 15) is 35.5 Å². The number of benzene rings is 1. The van der Waals surface area contributed by atoms with Gasteiger partial charge in [0.15, 0.2) is 0 Å². The third-order valence-electron chi connectivity index (χ3n) is 1.77. The second kappa shape index (κ2) is 4.01. The van der Waals surface area contributed by atoms with Crippen LogP contribution in [0.25, 0.3) is 0 Å². The molecule has 0 amide bonds. The van der Waals surface area contributed by atoms with E-state index in [2.05, 4.69) is 0 Å². The molecule has 0 spiro atoms. The van der Waals surface area contributed by atoms with E-state index in [4.69, 9.17) is 0 Å². The molecule has 1 rings (SSSR count). The molecule has 0 heterocycles. The average Bonchev–Trinajstić information content (AvgIpc) is 2.13. The van der Waals surface area contributed by atoms with Crippen LogP contribution >= 0.6 is 0 Å². The van der Waals surface area contributed by atoms with E-state index in [1.54, 1.807) is 0 Å². The number of halogens is 7. The molecule has 0 bridgehead atoms. The van der Waals surface area contributed by atoms with Crippen molar-refractivity contribution in [2.75, 3.05) is 0 Å². The quantitative estimate of drug-likeness (QED) is 0.588. The van der Waals surface area contributed by atoms with Gasteiger partial charge in [0.25, 0.3) is 0 Å². The van der Waals surface area contributed by atoms with Gasteiger partial charge < -0.3 is 0 Å². The second-order valence-electron chi connectivity index (χ2n) is 3.06. The Morgan fingerprint density at radius 3 is 1.65 bits per heavy atom. The maximum Gasteiger partial charge on any atom is 0.461 e. The number of hydrogen-bond donors (Lipinski definition) is 0. The van der Waals surface area contributed by atoms with Crippen LogP contribution in [0.15, 0.2) is 18.2 Å². The molecule has 0 aliphatic heterocycles. The summed E-state index contributed by atoms with van der Waals surface area (Å²) in [7, 11) is 0. The second-order valence-corrected chi connectivity index (χ2v) is 3.06. The molecule has 8 heteroatoms. The Morgan fingerprint density at radius 1 is 0.882 bits per heavy atom. The fourth-order valence-electron chi connectivity index (χ4n) is 0.995. The number of rotatable bonds is 2. The fraction of sp³-hybridized carbons (Fsp3) is 0.222. The molecule has 0 atom stereocenters. The van der Waals surface area contributed by atoms with Gasteiger partial charge >= 0.3 is 12.1 Å². The summed E-state index contributed by atoms with van der Waals surface area (Å²) in [5, 5.41) is 0. The highest BCUT2D eigenvalue weighted by molar-refractivity contribution is 6.01. The van der Waals surface area contributed by atoms with Crippen LogP contribution in [0.1, 0.15) is 10.4 Å². The summed E-state index contributed by atoms with van der Waals surface area (Å²) >= 11 is 0. The van der Waals surface area contributed by atoms with Crippen LogP contribution in [-0.4, -0.2) is 17.9 Å². The van der Waals surface area contributed by atoms with E-state index in [0.717, 1.165) is 0 Å². The SMILES string of the molecule is O=C(c1cc(F)cc(F)c1)C(F)(F)C(F)(F)F. The zero-order valence-corrected chi connectivity index (χ0v) is 7.79. The first-order chi connectivity index (χ1) is 7.55. The van der Waals surface area contributed by atoms with Gasteiger partial charge in [-0.15, -0.1) is 0 Å². The molecule has 94 valence electrons. The molecule has 0 aliphatic carbocycles. The molecule has 0 aliphatic rings. The number of carbonyl (C=O) groups is 1. The van der Waals surface area contributed by atoms with Gasteiger partial charge in [0.2, 0.25) is 5.78 Å². The molecule has 0 unspecified atom stereocenters. The summed E-state index contributed by atoms with van der Waals surface area (Å²) in [6.45, 7) is 0. The molecular formula is C9H3F7O. The molecule has 0 N–H and O–H groups in total. The van der Waals surface area contributed by atoms with E-state index in [1.807, 2.05) is 0 Å². The van der Waals surface area contributed by atoms with Gasteiger partial charge in [0.05, 0.1) is 0 Å². The molecule has 0 saturated carbocycles. The van der Waals surface area contributed by atoms with Crippen LogP contribution in [0.4, 0.5) is 30.7 Å². The smallest absolute Gasteiger partial charge is 0.287 e. The summed E-state index contributed by atoms with van der Waals surface area (Å²) in [6, 6.07) is 0.443. The van der Waals surface area contributed by atoms with Gasteiger partial charge in [-0.25, -0.2) is 8.78 Å². The van der Waals surface area contributed by atoms with Crippen molar-refractivity contribution in [2.24, 2.45) is 0 Å². The molecular weight excluding hydrogens is 257 g/mol. The first-order valence-corrected chi connectivity index (χ1v) is 4.01. The third-order valence-corrected chi connectivity index (χ3v) is 1.77. The maximum atomic E-state index is 12.6. The Balaban J connectivity index is 3.21. The van der Waals surface area contributed by atoms with E-state index in [-0.39, 0.29) is 18.2 Å². The van der Waals surface area contributed by atoms with Crippen molar-refractivity contribution >= 4 is 5.78 Å². The normalized spacial score (nSPS) is 12.6. The summed E-state index contributed by atoms with van der Waals surface area (Å²) in [6.07, 6.45) is -6.12. The lowest BCUT2D eigenvalue weighted by Gasteiger charge is -2.18. The van der Waals surface area contributed by atoms with Gasteiger partial charge in [-0.1, -0.05) is 0 Å². The van der Waals surface area contributed by atoms with Gasteiger partial charge in [-0.2, -0.15) is 22.0 Å². The summed E-state index contributed by atoms with van der Waals surface area (Å²) in [5.41, 5.74) is -1.38. The Hall–Kier alpha value is -1.60. The van der Waals surface area contributed by atoms with Crippen molar-refractivity contribution < 1.29 is 35.5 Å². The van der Waals surface area contributed by atoms with Gasteiger partial charge in [-0.3, -0.25) is 4.79 Å². The number of carbonyl (C=O) groups excluding carboxylic acids is 1. The van der Waals surface area contributed by atoms with Crippen molar-refractivity contribution in [2.45, 2.75) is 12.1 Å². The molecule has 1 aromatic rings. The predicted octanol–water partition coefficient (Wildman–Crippen LogP) is 3.35. The molecule has 0 radical (unpaired) electrons. The summed E-state index contributed by atoms with van der Waals surface area (Å²) in [5.74, 6) is -11.2. The van der Waals surface area contributed by atoms with Crippen molar-refractivity contribution in [1.29, 1.82) is 0 Å². The Labute approximate surface area is 89.8 Å². The largest absolute Gasteiger partial charge is 0.461 e. The highest BCUT2D eigenvalue weighted by atomic mass is 19.4. The predicted molar refractivity (Wildman–Crippen MR) is 41.7 cm³/mol. The van der Waals surface area contributed by atoms with Crippen molar-refractivity contribution in [3.8, 4) is 0 Å². The lowest BCUT2D eigenvalue weighted by atomic mass is 10.0. The van der Waals surface area contributed by atoms with Crippen LogP contribution in [0.5, 0.6) is 0 Å². The first-order valence-electron chi connectivity index (χ1n) is 4.01. The maximum absolute atomic E-state index is 12.6. The standard InChI is InChI=1S/C9H3F7O/c10-5-1-4(2-6(11)3-5)7(17)8(12,13)9(14,15)16/h1-3H. The van der Waals surface area contributed by atoms with Crippen LogP contribution < -0.4 is 0 Å².